The molecule has 0 saturated carbocycles. The molecular weight excluding hydrogens is 1750 g/mol. The summed E-state index contributed by atoms with van der Waals surface area (Å²) in [4.78, 5) is 58.6. The van der Waals surface area contributed by atoms with Gasteiger partial charge in [0.2, 0.25) is 0 Å². The molecule has 122 heavy (non-hydrogen) atoms. The van der Waals surface area contributed by atoms with Crippen molar-refractivity contribution in [1.29, 1.82) is 0 Å². The SMILES string of the molecule is C=C1C(=O)OCCC1[SiH](OC)OC.C=CC(=O)OCCCC[Si](OCC)(OCC)OCC.C=CC(=O)OCCC[Si](C)(OC)OC.C=CC(=O)OCC[Si](OC)(OC)OC.C=CC(=O)ONCCC[Si](C)(OC)OC.C=CCC[Si](OC)(OC)OC.C=C[Si](C)(OC)OC.C=C[Si](OC)(OC)OC.C=Cc1ccc(COCC[Si](OC)(OC)OC)cc1. The van der Waals surface area contributed by atoms with Gasteiger partial charge < -0.3 is 130 Å². The third-order valence-electron chi connectivity index (χ3n) is 17.3. The van der Waals surface area contributed by atoms with E-state index in [9.17, 15) is 24.0 Å². The number of cyclic esters (lactones) is 1. The van der Waals surface area contributed by atoms with Crippen molar-refractivity contribution in [3.63, 3.8) is 0 Å². The van der Waals surface area contributed by atoms with Gasteiger partial charge in [-0.1, -0.05) is 82.5 Å². The number of hydroxylamine groups is 1. The van der Waals surface area contributed by atoms with E-state index < -0.39 is 90.9 Å². The molecule has 1 fully saturated rings. The highest BCUT2D eigenvalue weighted by Gasteiger charge is 2.42. The summed E-state index contributed by atoms with van der Waals surface area (Å²) < 4.78 is 146. The number of esters is 4. The summed E-state index contributed by atoms with van der Waals surface area (Å²) in [6.07, 6.45) is 13.0. The molecule has 1 heterocycles. The van der Waals surface area contributed by atoms with Gasteiger partial charge >= 0.3 is 109 Å². The van der Waals surface area contributed by atoms with Crippen LogP contribution in [0.3, 0.4) is 0 Å². The fraction of sp³-hybridized carbons (Fsp3) is 0.628. The van der Waals surface area contributed by atoms with Gasteiger partial charge in [0.1, 0.15) is 0 Å². The van der Waals surface area contributed by atoms with Crippen LogP contribution in [0.15, 0.2) is 131 Å². The summed E-state index contributed by atoms with van der Waals surface area (Å²) >= 11 is 0. The van der Waals surface area contributed by atoms with Crippen molar-refractivity contribution in [2.45, 2.75) is 127 Å². The van der Waals surface area contributed by atoms with Gasteiger partial charge in [0.15, 0.2) is 0 Å². The van der Waals surface area contributed by atoms with Crippen molar-refractivity contribution in [3.05, 3.63) is 142 Å². The summed E-state index contributed by atoms with van der Waals surface area (Å²) in [5.41, 5.74) is 8.65. The van der Waals surface area contributed by atoms with Crippen molar-refractivity contribution in [2.24, 2.45) is 0 Å². The molecule has 1 aromatic rings. The summed E-state index contributed by atoms with van der Waals surface area (Å²) in [6, 6.07) is 12.4. The number of nitrogens with one attached hydrogen (secondary N) is 1. The predicted octanol–water partition coefficient (Wildman–Crippen LogP) is 11.8. The Kier molecular flexibility index (Phi) is 87.5. The zero-order chi connectivity index (χ0) is 95.0. The summed E-state index contributed by atoms with van der Waals surface area (Å²) in [7, 11) is 11.8. The minimum atomic E-state index is -2.61. The van der Waals surface area contributed by atoms with Crippen molar-refractivity contribution < 1.29 is 154 Å². The van der Waals surface area contributed by atoms with Crippen LogP contribution in [0, 0.1) is 0 Å². The molecule has 2 rings (SSSR count). The van der Waals surface area contributed by atoms with Crippen LogP contribution in [0.25, 0.3) is 6.08 Å². The predicted molar refractivity (Wildman–Crippen MR) is 491 cm³/mol. The van der Waals surface area contributed by atoms with Crippen molar-refractivity contribution in [3.8, 4) is 0 Å². The van der Waals surface area contributed by atoms with Gasteiger partial charge in [0.05, 0.1) is 45.7 Å². The molecular formula is C78H155NO34Si9. The van der Waals surface area contributed by atoms with Crippen LogP contribution in [0.5, 0.6) is 0 Å². The average molecular weight is 1900 g/mol. The van der Waals surface area contributed by atoms with Gasteiger partial charge in [-0.2, -0.15) is 5.48 Å². The standard InChI is InChI=1S/C14H22O4Si.C13H26O5Si.C9H19NO4Si.C9H18O4Si.C8H16O5Si.C8H14O4Si.C7H16O3Si.C5H12O3Si.C5H12O2Si/c1-5-13-6-8-14(9-7-13)12-18-10-11-19(15-2,16-3)17-4;1-5-13(14)15-11-9-10-12-19(16-6-2,17-7-3)18-8-4;1-5-9(11)14-10-7-6-8-15(4,12-2)13-3;1-5-9(10)13-7-6-8-14(4,11-2)12-3;1-5-8(9)13-6-7-14(10-2,11-3)12-4;1-6-7(13(10-2)11-3)4-5-12-8(6)9;1-5-6-7-11(8-2,9-3)10-4;1-5-9(6-2,7-3)8-4;1-5-8(4,6-2)7-3/h5-9H,1,10-12H2,2-4H3;5H,1,6-12H2,2-4H3;5,10H,1,6-8H2,2-4H3;5H,1,6-8H2,2-4H3;5H,1,6-7H2,2-4H3;7,13H,1,4-5H2,2-3H3;5H,1,6-7H2,2-4H3;5H,1H2,2-4H3;5H,1H2,2-4H3. The molecule has 0 aromatic heterocycles. The Morgan fingerprint density at radius 1 is 0.451 bits per heavy atom. The maximum Gasteiger partial charge on any atom is 0.528 e. The van der Waals surface area contributed by atoms with E-state index in [1.807, 2.05) is 76.8 Å². The molecule has 1 unspecified atom stereocenters. The largest absolute Gasteiger partial charge is 0.528 e. The number of ether oxygens (including phenoxy) is 5. The number of hydrogen-bond donors (Lipinski definition) is 1. The monoisotopic (exact) mass is 1900 g/mol. The molecule has 1 aromatic carbocycles. The molecule has 1 aliphatic rings. The molecule has 1 aliphatic heterocycles. The van der Waals surface area contributed by atoms with E-state index in [2.05, 4.69) is 69.5 Å². The van der Waals surface area contributed by atoms with Crippen LogP contribution in [0.2, 0.25) is 61.4 Å². The number of rotatable bonds is 59. The molecule has 1 saturated heterocycles. The molecule has 0 amide bonds. The zero-order valence-electron chi connectivity index (χ0n) is 78.4. The van der Waals surface area contributed by atoms with E-state index >= 15 is 0 Å². The van der Waals surface area contributed by atoms with Gasteiger partial charge in [-0.25, -0.2) is 24.0 Å². The topological polar surface area (TPSA) is 365 Å². The highest BCUT2D eigenvalue weighted by Crippen LogP contribution is 2.30. The van der Waals surface area contributed by atoms with Crippen LogP contribution in [0.1, 0.15) is 70.4 Å². The average Bonchev–Trinajstić information content (AvgIpc) is 0.847. The maximum absolute atomic E-state index is 11.1. The number of carbonyl (C=O) groups is 5. The minimum Gasteiger partial charge on any atom is -0.463 e. The number of allylic oxidation sites excluding steroid dienone is 1. The Morgan fingerprint density at radius 2 is 0.844 bits per heavy atom. The van der Waals surface area contributed by atoms with Crippen LogP contribution >= 0.6 is 0 Å². The van der Waals surface area contributed by atoms with Gasteiger partial charge in [-0.05, 0) is 114 Å². The Hall–Kier alpha value is -4.82. The fourth-order valence-electron chi connectivity index (χ4n) is 9.11. The summed E-state index contributed by atoms with van der Waals surface area (Å²) in [5, 5.41) is 0. The summed E-state index contributed by atoms with van der Waals surface area (Å²) in [6.45, 7) is 47.9. The zero-order valence-corrected chi connectivity index (χ0v) is 87.5. The normalized spacial score (nSPS) is 12.6. The Bertz CT molecular complexity index is 2820. The number of hydrogen-bond acceptors (Lipinski definition) is 35. The van der Waals surface area contributed by atoms with E-state index in [-0.39, 0.29) is 30.1 Å². The lowest BCUT2D eigenvalue weighted by atomic mass is 10.1. The molecule has 1 atom stereocenters. The van der Waals surface area contributed by atoms with Crippen LogP contribution in [0.4, 0.5) is 0 Å². The van der Waals surface area contributed by atoms with Crippen molar-refractivity contribution in [1.82, 2.24) is 5.48 Å². The number of unbranched alkanes of at least 4 members (excludes halogenated alkanes) is 1. The van der Waals surface area contributed by atoms with Gasteiger partial charge in [0.25, 0.3) is 0 Å². The second-order valence-corrected chi connectivity index (χ2v) is 52.3. The highest BCUT2D eigenvalue weighted by atomic mass is 28.4. The third kappa shape index (κ3) is 62.4. The minimum absolute atomic E-state index is 0.0521. The van der Waals surface area contributed by atoms with Crippen molar-refractivity contribution >= 4 is 115 Å². The molecule has 0 radical (unpaired) electrons. The van der Waals surface area contributed by atoms with Gasteiger partial charge in [-0.3, -0.25) is 0 Å². The molecule has 0 bridgehead atoms. The third-order valence-corrected chi connectivity index (χ3v) is 41.5. The molecule has 0 aliphatic carbocycles. The first kappa shape index (κ1) is 130. The first-order chi connectivity index (χ1) is 58.0. The molecule has 44 heteroatoms. The van der Waals surface area contributed by atoms with Gasteiger partial charge in [0, 0.05) is 222 Å². The molecule has 1 N–H and O–H groups in total. The second-order valence-electron chi connectivity index (χ2n) is 24.5. The lowest BCUT2D eigenvalue weighted by Gasteiger charge is -2.28. The Labute approximate surface area is 741 Å². The summed E-state index contributed by atoms with van der Waals surface area (Å²) in [5.74, 6) is -2.03. The second kappa shape index (κ2) is 81.9. The fourth-order valence-corrected chi connectivity index (χ4v) is 22.4. The Balaban J connectivity index is -0.000000247. The van der Waals surface area contributed by atoms with Crippen LogP contribution in [-0.2, 0) is 161 Å². The van der Waals surface area contributed by atoms with Crippen molar-refractivity contribution in [2.75, 3.05) is 202 Å². The first-order valence-corrected chi connectivity index (χ1v) is 57.4. The number of carbonyl (C=O) groups excluding carboxylic acids is 5. The maximum atomic E-state index is 11.1. The molecule has 0 spiro atoms. The van der Waals surface area contributed by atoms with E-state index in [1.165, 1.54) is 27.4 Å². The van der Waals surface area contributed by atoms with Crippen LogP contribution < -0.4 is 5.48 Å². The van der Waals surface area contributed by atoms with E-state index in [4.69, 9.17) is 125 Å². The lowest BCUT2D eigenvalue weighted by molar-refractivity contribution is -0.145. The number of benzene rings is 1. The van der Waals surface area contributed by atoms with E-state index in [1.54, 1.807) is 132 Å². The van der Waals surface area contributed by atoms with Crippen LogP contribution in [-0.4, -0.2) is 310 Å². The quantitative estimate of drug-likeness (QED) is 0.0120. The Morgan fingerprint density at radius 3 is 1.17 bits per heavy atom. The van der Waals surface area contributed by atoms with Gasteiger partial charge in [-0.15, -0.1) is 13.2 Å². The molecule has 712 valence electrons. The molecule has 35 nitrogen and oxygen atoms in total. The van der Waals surface area contributed by atoms with E-state index in [0.717, 1.165) is 92.1 Å². The van der Waals surface area contributed by atoms with E-state index in [0.29, 0.717) is 77.1 Å². The highest BCUT2D eigenvalue weighted by molar-refractivity contribution is 6.71. The lowest BCUT2D eigenvalue weighted by Crippen LogP contribution is -2.45. The first-order valence-electron chi connectivity index (χ1n) is 38.9. The smallest absolute Gasteiger partial charge is 0.463 e.